The zero-order valence-electron chi connectivity index (χ0n) is 11.5. The van der Waals surface area contributed by atoms with E-state index in [0.717, 1.165) is 19.4 Å². The average molecular weight is 263 g/mol. The van der Waals surface area contributed by atoms with Gasteiger partial charge < -0.3 is 10.1 Å². The molecule has 0 unspecified atom stereocenters. The molecule has 2 aliphatic carbocycles. The minimum absolute atomic E-state index is 0.112. The van der Waals surface area contributed by atoms with Gasteiger partial charge in [-0.1, -0.05) is 12.1 Å². The molecule has 0 aromatic heterocycles. The van der Waals surface area contributed by atoms with Gasteiger partial charge in [-0.2, -0.15) is 0 Å². The maximum absolute atomic E-state index is 12.9. The van der Waals surface area contributed by atoms with Gasteiger partial charge in [-0.25, -0.2) is 4.39 Å². The van der Waals surface area contributed by atoms with E-state index in [1.54, 1.807) is 12.1 Å². The van der Waals surface area contributed by atoms with Crippen LogP contribution in [0.4, 0.5) is 4.39 Å². The van der Waals surface area contributed by atoms with E-state index in [1.807, 2.05) is 19.2 Å². The lowest BCUT2D eigenvalue weighted by atomic mass is 9.74. The van der Waals surface area contributed by atoms with Gasteiger partial charge in [-0.15, -0.1) is 0 Å². The van der Waals surface area contributed by atoms with Crippen LogP contribution < -0.4 is 5.32 Å². The van der Waals surface area contributed by atoms with E-state index < -0.39 is 0 Å². The molecule has 2 nitrogen and oxygen atoms in total. The molecule has 0 amide bonds. The maximum Gasteiger partial charge on any atom is 0.123 e. The lowest BCUT2D eigenvalue weighted by molar-refractivity contribution is -0.0724. The van der Waals surface area contributed by atoms with E-state index in [0.29, 0.717) is 12.0 Å². The van der Waals surface area contributed by atoms with Crippen molar-refractivity contribution in [1.82, 2.24) is 5.32 Å². The Labute approximate surface area is 114 Å². The fourth-order valence-electron chi connectivity index (χ4n) is 3.15. The molecule has 3 heteroatoms. The largest absolute Gasteiger partial charge is 0.377 e. The molecule has 2 aliphatic rings. The molecule has 0 bridgehead atoms. The van der Waals surface area contributed by atoms with Crippen molar-refractivity contribution < 1.29 is 9.13 Å². The fourth-order valence-corrected chi connectivity index (χ4v) is 3.15. The summed E-state index contributed by atoms with van der Waals surface area (Å²) in [6.07, 6.45) is 5.98. The van der Waals surface area contributed by atoms with Crippen LogP contribution in [0.1, 0.15) is 43.6 Å². The summed E-state index contributed by atoms with van der Waals surface area (Å²) in [6, 6.07) is 7.55. The highest BCUT2D eigenvalue weighted by molar-refractivity contribution is 5.23. The number of rotatable bonds is 5. The Balaban J connectivity index is 1.44. The number of nitrogens with one attached hydrogen (secondary N) is 1. The molecule has 0 aliphatic heterocycles. The smallest absolute Gasteiger partial charge is 0.123 e. The summed E-state index contributed by atoms with van der Waals surface area (Å²) in [4.78, 5) is 0. The molecule has 0 radical (unpaired) electrons. The first-order valence-corrected chi connectivity index (χ1v) is 7.25. The molecule has 0 spiro atoms. The molecule has 0 saturated heterocycles. The van der Waals surface area contributed by atoms with Crippen LogP contribution in [0.2, 0.25) is 0 Å². The highest BCUT2D eigenvalue weighted by Gasteiger charge is 2.38. The fraction of sp³-hybridized carbons (Fsp3) is 0.625. The van der Waals surface area contributed by atoms with Gasteiger partial charge in [-0.3, -0.25) is 0 Å². The van der Waals surface area contributed by atoms with Crippen molar-refractivity contribution in [2.24, 2.45) is 0 Å². The van der Waals surface area contributed by atoms with E-state index in [9.17, 15) is 4.39 Å². The van der Waals surface area contributed by atoms with Gasteiger partial charge in [0.1, 0.15) is 5.82 Å². The number of benzene rings is 1. The molecule has 1 aromatic rings. The number of hydrogen-bond donors (Lipinski definition) is 1. The molecule has 1 N–H and O–H groups in total. The monoisotopic (exact) mass is 263 g/mol. The first-order valence-electron chi connectivity index (χ1n) is 7.25. The Morgan fingerprint density at radius 2 is 1.95 bits per heavy atom. The van der Waals surface area contributed by atoms with Crippen LogP contribution in [0, 0.1) is 5.82 Å². The van der Waals surface area contributed by atoms with Gasteiger partial charge in [0.05, 0.1) is 5.60 Å². The normalized spacial score (nSPS) is 28.5. The maximum atomic E-state index is 12.9. The van der Waals surface area contributed by atoms with E-state index in [-0.39, 0.29) is 11.4 Å². The first kappa shape index (κ1) is 13.1. The van der Waals surface area contributed by atoms with Crippen LogP contribution in [0.15, 0.2) is 24.3 Å². The number of methoxy groups -OCH3 is 1. The summed E-state index contributed by atoms with van der Waals surface area (Å²) in [6.45, 7) is 0.976. The molecule has 0 heterocycles. The van der Waals surface area contributed by atoms with Crippen molar-refractivity contribution >= 4 is 0 Å². The summed E-state index contributed by atoms with van der Waals surface area (Å²) in [5.74, 6) is 0.447. The van der Waals surface area contributed by atoms with Crippen molar-refractivity contribution in [3.8, 4) is 0 Å². The van der Waals surface area contributed by atoms with Crippen LogP contribution in [-0.2, 0) is 4.74 Å². The van der Waals surface area contributed by atoms with Gasteiger partial charge in [0.25, 0.3) is 0 Å². The molecule has 104 valence electrons. The van der Waals surface area contributed by atoms with Crippen LogP contribution in [0.5, 0.6) is 0 Å². The topological polar surface area (TPSA) is 21.3 Å². The quantitative estimate of drug-likeness (QED) is 0.880. The van der Waals surface area contributed by atoms with Crippen LogP contribution in [0.25, 0.3) is 0 Å². The third-order valence-electron chi connectivity index (χ3n) is 4.89. The molecule has 3 rings (SSSR count). The van der Waals surface area contributed by atoms with Crippen molar-refractivity contribution in [1.29, 1.82) is 0 Å². The van der Waals surface area contributed by atoms with Crippen LogP contribution >= 0.6 is 0 Å². The molecular formula is C16H22FNO. The summed E-state index contributed by atoms with van der Waals surface area (Å²) in [7, 11) is 1.82. The highest BCUT2D eigenvalue weighted by Crippen LogP contribution is 2.39. The Morgan fingerprint density at radius 3 is 2.47 bits per heavy atom. The van der Waals surface area contributed by atoms with Gasteiger partial charge in [0.2, 0.25) is 0 Å². The van der Waals surface area contributed by atoms with E-state index in [1.165, 1.54) is 24.8 Å². The van der Waals surface area contributed by atoms with Gasteiger partial charge in [-0.05, 0) is 55.7 Å². The van der Waals surface area contributed by atoms with Gasteiger partial charge >= 0.3 is 0 Å². The predicted molar refractivity (Wildman–Crippen MR) is 73.8 cm³/mol. The standard InChI is InChI=1S/C16H22FNO/c1-19-16(7-2-8-16)11-18-15-9-13(10-15)12-3-5-14(17)6-4-12/h3-6,13,15,18H,2,7-11H2,1H3. The van der Waals surface area contributed by atoms with Crippen molar-refractivity contribution in [3.63, 3.8) is 0 Å². The number of hydrogen-bond acceptors (Lipinski definition) is 2. The minimum Gasteiger partial charge on any atom is -0.377 e. The Bertz CT molecular complexity index is 415. The zero-order valence-corrected chi connectivity index (χ0v) is 11.5. The summed E-state index contributed by atoms with van der Waals surface area (Å²) in [5.41, 5.74) is 1.38. The third-order valence-corrected chi connectivity index (χ3v) is 4.89. The summed E-state index contributed by atoms with van der Waals surface area (Å²) >= 11 is 0. The highest BCUT2D eigenvalue weighted by atomic mass is 19.1. The average Bonchev–Trinajstić information content (AvgIpc) is 2.32. The van der Waals surface area contributed by atoms with Crippen LogP contribution in [-0.4, -0.2) is 25.3 Å². The SMILES string of the molecule is COC1(CNC2CC(c3ccc(F)cc3)C2)CCC1. The van der Waals surface area contributed by atoms with E-state index >= 15 is 0 Å². The molecular weight excluding hydrogens is 241 g/mol. The molecule has 0 atom stereocenters. The van der Waals surface area contributed by atoms with E-state index in [4.69, 9.17) is 4.74 Å². The Hall–Kier alpha value is -0.930. The van der Waals surface area contributed by atoms with Crippen molar-refractivity contribution in [2.45, 2.75) is 49.7 Å². The summed E-state index contributed by atoms with van der Waals surface area (Å²) in [5, 5.41) is 3.62. The van der Waals surface area contributed by atoms with Gasteiger partial charge in [0, 0.05) is 19.7 Å². The molecule has 2 fully saturated rings. The second-order valence-corrected chi connectivity index (χ2v) is 6.04. The van der Waals surface area contributed by atoms with Crippen molar-refractivity contribution in [3.05, 3.63) is 35.6 Å². The van der Waals surface area contributed by atoms with Crippen molar-refractivity contribution in [2.75, 3.05) is 13.7 Å². The molecule has 2 saturated carbocycles. The lowest BCUT2D eigenvalue weighted by Gasteiger charge is -2.44. The zero-order chi connectivity index (χ0) is 13.3. The Morgan fingerprint density at radius 1 is 1.26 bits per heavy atom. The predicted octanol–water partition coefficient (Wildman–Crippen LogP) is 3.23. The summed E-state index contributed by atoms with van der Waals surface area (Å²) < 4.78 is 18.5. The second kappa shape index (κ2) is 5.22. The second-order valence-electron chi connectivity index (χ2n) is 6.04. The number of halogens is 1. The van der Waals surface area contributed by atoms with Crippen LogP contribution in [0.3, 0.4) is 0 Å². The van der Waals surface area contributed by atoms with E-state index in [2.05, 4.69) is 5.32 Å². The van der Waals surface area contributed by atoms with Gasteiger partial charge in [0.15, 0.2) is 0 Å². The lowest BCUT2D eigenvalue weighted by Crippen LogP contribution is -2.52. The minimum atomic E-state index is -0.148. The third kappa shape index (κ3) is 2.67. The molecule has 1 aromatic carbocycles. The Kier molecular flexibility index (Phi) is 3.59. The molecule has 19 heavy (non-hydrogen) atoms. The first-order chi connectivity index (χ1) is 9.21. The number of ether oxygens (including phenoxy) is 1.